The monoisotopic (exact) mass is 673 g/mol. The molecule has 5 atom stereocenters. The molecule has 47 heavy (non-hydrogen) atoms. The molecule has 4 rings (SSSR count). The van der Waals surface area contributed by atoms with E-state index in [1.807, 2.05) is 58.9 Å². The number of sulfonamides is 1. The minimum atomic E-state index is -3.96. The van der Waals surface area contributed by atoms with Crippen LogP contribution in [0, 0.1) is 17.3 Å². The second-order valence-electron chi connectivity index (χ2n) is 14.7. The number of para-hydroxylation sites is 2. The molecule has 11 nitrogen and oxygen atoms in total. The zero-order valence-corrected chi connectivity index (χ0v) is 29.9. The van der Waals surface area contributed by atoms with Crippen molar-refractivity contribution in [1.82, 2.24) is 24.5 Å². The maximum absolute atomic E-state index is 13.6. The number of fused-ring (bicyclic) bond motifs is 1. The van der Waals surface area contributed by atoms with E-state index < -0.39 is 32.8 Å². The number of hydrogen-bond donors (Lipinski definition) is 3. The van der Waals surface area contributed by atoms with Crippen LogP contribution in [0.5, 0.6) is 0 Å². The van der Waals surface area contributed by atoms with Gasteiger partial charge >= 0.3 is 5.69 Å². The van der Waals surface area contributed by atoms with Gasteiger partial charge in [-0.05, 0) is 62.0 Å². The van der Waals surface area contributed by atoms with Crippen molar-refractivity contribution in [3.63, 3.8) is 0 Å². The van der Waals surface area contributed by atoms with Gasteiger partial charge in [-0.1, -0.05) is 85.8 Å². The summed E-state index contributed by atoms with van der Waals surface area (Å²) < 4.78 is 30.9. The molecule has 1 saturated carbocycles. The normalized spacial score (nSPS) is 22.6. The zero-order chi connectivity index (χ0) is 34.6. The molecule has 1 aromatic heterocycles. The third-order valence-electron chi connectivity index (χ3n) is 10.6. The van der Waals surface area contributed by atoms with Crippen LogP contribution in [0.15, 0.2) is 29.1 Å². The summed E-state index contributed by atoms with van der Waals surface area (Å²) in [6.07, 6.45) is 7.26. The van der Waals surface area contributed by atoms with E-state index >= 15 is 0 Å². The molecule has 1 aromatic carbocycles. The highest BCUT2D eigenvalue weighted by Crippen LogP contribution is 2.46. The lowest BCUT2D eigenvalue weighted by Gasteiger charge is -2.33. The number of unbranched alkanes of at least 4 members (excludes halogenated alkanes) is 4. The molecule has 3 N–H and O–H groups in total. The standard InChI is InChI=1S/C35H55N5O6S/c1-7-25-23-35(25,37-30(41)29-20-16-22-39(29)31(42)24(3)34(4,5)6)32(43)38-47(45,46)26(8-2)17-12-10-9-11-15-21-40-28-19-14-13-18-27(28)36-33(40)44/h13-14,18-19,24-26,29H,7-12,15-17,20-23H2,1-6H3,(H,36,44)(H,37,41)(H,38,43). The number of H-pyrrole nitrogens is 1. The van der Waals surface area contributed by atoms with Crippen LogP contribution in [0.25, 0.3) is 11.0 Å². The van der Waals surface area contributed by atoms with E-state index in [2.05, 4.69) is 15.0 Å². The minimum Gasteiger partial charge on any atom is -0.340 e. The minimum absolute atomic E-state index is 0.0744. The SMILES string of the molecule is CCC1CC1(NC(=O)C1CCCN1C(=O)C(C)C(C)(C)C)C(=O)NS(=O)(=O)C(CC)CCCCCCCn1c(=O)[nH]c2ccccc21. The Morgan fingerprint density at radius 3 is 2.40 bits per heavy atom. The Hall–Kier alpha value is -3.15. The second-order valence-corrected chi connectivity index (χ2v) is 16.7. The Bertz CT molecular complexity index is 1590. The van der Waals surface area contributed by atoms with Crippen molar-refractivity contribution in [1.29, 1.82) is 0 Å². The molecule has 3 amide bonds. The largest absolute Gasteiger partial charge is 0.340 e. The maximum atomic E-state index is 13.6. The van der Waals surface area contributed by atoms with Gasteiger partial charge in [0.25, 0.3) is 5.91 Å². The first-order chi connectivity index (χ1) is 22.2. The predicted molar refractivity (Wildman–Crippen MR) is 184 cm³/mol. The van der Waals surface area contributed by atoms with Crippen molar-refractivity contribution in [2.45, 2.75) is 136 Å². The Morgan fingerprint density at radius 2 is 1.74 bits per heavy atom. The van der Waals surface area contributed by atoms with Gasteiger partial charge < -0.3 is 15.2 Å². The van der Waals surface area contributed by atoms with Gasteiger partial charge in [0.15, 0.2) is 0 Å². The van der Waals surface area contributed by atoms with Crippen molar-refractivity contribution in [2.24, 2.45) is 17.3 Å². The van der Waals surface area contributed by atoms with E-state index in [9.17, 15) is 27.6 Å². The third-order valence-corrected chi connectivity index (χ3v) is 12.5. The van der Waals surface area contributed by atoms with Crippen molar-refractivity contribution >= 4 is 38.8 Å². The van der Waals surface area contributed by atoms with E-state index in [0.717, 1.165) is 36.7 Å². The maximum Gasteiger partial charge on any atom is 0.326 e. The molecule has 0 radical (unpaired) electrons. The topological polar surface area (TPSA) is 150 Å². The Balaban J connectivity index is 1.27. The van der Waals surface area contributed by atoms with E-state index in [-0.39, 0.29) is 34.8 Å². The molecule has 0 bridgehead atoms. The number of imidazole rings is 1. The van der Waals surface area contributed by atoms with E-state index in [1.165, 1.54) is 0 Å². The Labute approximate surface area is 279 Å². The number of carbonyl (C=O) groups excluding carboxylic acids is 3. The average molecular weight is 674 g/mol. The summed E-state index contributed by atoms with van der Waals surface area (Å²) >= 11 is 0. The second kappa shape index (κ2) is 15.0. The summed E-state index contributed by atoms with van der Waals surface area (Å²) in [6.45, 7) is 12.7. The smallest absolute Gasteiger partial charge is 0.326 e. The first-order valence-electron chi connectivity index (χ1n) is 17.5. The van der Waals surface area contributed by atoms with E-state index in [1.54, 1.807) is 16.4 Å². The summed E-state index contributed by atoms with van der Waals surface area (Å²) in [5, 5.41) is 2.20. The molecule has 1 saturated heterocycles. The molecular formula is C35H55N5O6S. The lowest BCUT2D eigenvalue weighted by atomic mass is 9.81. The number of aromatic amines is 1. The first-order valence-corrected chi connectivity index (χ1v) is 19.1. The number of benzene rings is 1. The van der Waals surface area contributed by atoms with Gasteiger partial charge in [-0.2, -0.15) is 0 Å². The number of likely N-dealkylation sites (tertiary alicyclic amines) is 1. The van der Waals surface area contributed by atoms with Gasteiger partial charge in [0, 0.05) is 19.0 Å². The molecular weight excluding hydrogens is 618 g/mol. The number of aromatic nitrogens is 2. The zero-order valence-electron chi connectivity index (χ0n) is 29.1. The molecule has 2 fully saturated rings. The summed E-state index contributed by atoms with van der Waals surface area (Å²) in [4.78, 5) is 57.2. The Kier molecular flexibility index (Phi) is 11.7. The van der Waals surface area contributed by atoms with Gasteiger partial charge in [-0.15, -0.1) is 0 Å². The highest BCUT2D eigenvalue weighted by Gasteiger charge is 2.61. The highest BCUT2D eigenvalue weighted by molar-refractivity contribution is 7.90. The number of rotatable bonds is 16. The van der Waals surface area contributed by atoms with Crippen LogP contribution in [0.1, 0.15) is 112 Å². The highest BCUT2D eigenvalue weighted by atomic mass is 32.2. The van der Waals surface area contributed by atoms with Crippen LogP contribution in [0.4, 0.5) is 0 Å². The van der Waals surface area contributed by atoms with Gasteiger partial charge in [0.2, 0.25) is 21.8 Å². The number of amides is 3. The average Bonchev–Trinajstić information content (AvgIpc) is 3.34. The van der Waals surface area contributed by atoms with Crippen molar-refractivity contribution in [2.75, 3.05) is 6.54 Å². The van der Waals surface area contributed by atoms with Crippen LogP contribution < -0.4 is 15.7 Å². The number of carbonyl (C=O) groups is 3. The van der Waals surface area contributed by atoms with E-state index in [0.29, 0.717) is 58.0 Å². The summed E-state index contributed by atoms with van der Waals surface area (Å²) in [5.74, 6) is -1.58. The number of nitrogens with one attached hydrogen (secondary N) is 3. The molecule has 2 aliphatic rings. The number of aryl methyl sites for hydroxylation is 1. The van der Waals surface area contributed by atoms with E-state index in [4.69, 9.17) is 0 Å². The van der Waals surface area contributed by atoms with Crippen LogP contribution >= 0.6 is 0 Å². The molecule has 2 heterocycles. The molecule has 1 aliphatic heterocycles. The van der Waals surface area contributed by atoms with Gasteiger partial charge in [0.1, 0.15) is 11.6 Å². The van der Waals surface area contributed by atoms with Crippen LogP contribution in [-0.4, -0.2) is 64.0 Å². The van der Waals surface area contributed by atoms with Crippen LogP contribution in [-0.2, 0) is 31.0 Å². The molecule has 2 aromatic rings. The van der Waals surface area contributed by atoms with Gasteiger partial charge in [0.05, 0.1) is 16.3 Å². The fourth-order valence-corrected chi connectivity index (χ4v) is 8.44. The molecule has 5 unspecified atom stereocenters. The quantitative estimate of drug-likeness (QED) is 0.217. The number of hydrogen-bond acceptors (Lipinski definition) is 6. The lowest BCUT2D eigenvalue weighted by molar-refractivity contribution is -0.144. The fraction of sp³-hybridized carbons (Fsp3) is 0.714. The summed E-state index contributed by atoms with van der Waals surface area (Å²) in [7, 11) is -3.96. The molecule has 12 heteroatoms. The number of nitrogens with zero attached hydrogens (tertiary/aromatic N) is 2. The fourth-order valence-electron chi connectivity index (χ4n) is 6.92. The van der Waals surface area contributed by atoms with Crippen molar-refractivity contribution in [3.05, 3.63) is 34.7 Å². The Morgan fingerprint density at radius 1 is 1.06 bits per heavy atom. The van der Waals surface area contributed by atoms with Gasteiger partial charge in [-0.25, -0.2) is 13.2 Å². The summed E-state index contributed by atoms with van der Waals surface area (Å²) in [5.41, 5.74) is 0.0838. The van der Waals surface area contributed by atoms with Gasteiger partial charge in [-0.3, -0.25) is 23.7 Å². The van der Waals surface area contributed by atoms with Crippen LogP contribution in [0.2, 0.25) is 0 Å². The first kappa shape index (κ1) is 36.7. The predicted octanol–water partition coefficient (Wildman–Crippen LogP) is 4.85. The van der Waals surface area contributed by atoms with Crippen LogP contribution in [0.3, 0.4) is 0 Å². The molecule has 0 spiro atoms. The third kappa shape index (κ3) is 8.29. The summed E-state index contributed by atoms with van der Waals surface area (Å²) in [6, 6.07) is 6.96. The molecule has 1 aliphatic carbocycles. The van der Waals surface area contributed by atoms with Crippen molar-refractivity contribution in [3.8, 4) is 0 Å². The lowest BCUT2D eigenvalue weighted by Crippen LogP contribution is -2.57. The van der Waals surface area contributed by atoms with Crippen molar-refractivity contribution < 1.29 is 22.8 Å². The molecule has 262 valence electrons.